The van der Waals surface area contributed by atoms with E-state index >= 15 is 0 Å². The van der Waals surface area contributed by atoms with Crippen LogP contribution in [0.5, 0.6) is 5.75 Å². The van der Waals surface area contributed by atoms with Gasteiger partial charge in [0.05, 0.1) is 6.34 Å². The van der Waals surface area contributed by atoms with Crippen molar-refractivity contribution in [1.29, 1.82) is 0 Å². The third kappa shape index (κ3) is 3.35. The summed E-state index contributed by atoms with van der Waals surface area (Å²) in [4.78, 5) is 6.23. The minimum atomic E-state index is 0.196. The quantitative estimate of drug-likeness (QED) is 0.658. The van der Waals surface area contributed by atoms with Crippen molar-refractivity contribution in [2.45, 2.75) is 6.54 Å². The van der Waals surface area contributed by atoms with Gasteiger partial charge in [-0.3, -0.25) is 0 Å². The maximum absolute atomic E-state index is 9.58. The molecule has 2 rings (SSSR count). The summed E-state index contributed by atoms with van der Waals surface area (Å²) in [5, 5.41) is 9.58. The third-order valence-corrected chi connectivity index (χ3v) is 2.55. The SMILES string of the molecule is CN(C=Nc1ccccc1O)Cc1ccccc1. The number of phenols is 1. The van der Waals surface area contributed by atoms with Gasteiger partial charge in [0.25, 0.3) is 0 Å². The molecule has 0 saturated carbocycles. The van der Waals surface area contributed by atoms with E-state index in [0.717, 1.165) is 6.54 Å². The average Bonchev–Trinajstić information content (AvgIpc) is 2.39. The van der Waals surface area contributed by atoms with Crippen molar-refractivity contribution < 1.29 is 5.11 Å². The lowest BCUT2D eigenvalue weighted by Gasteiger charge is -2.12. The first-order chi connectivity index (χ1) is 8.75. The van der Waals surface area contributed by atoms with Crippen molar-refractivity contribution in [2.24, 2.45) is 4.99 Å². The molecule has 0 aliphatic carbocycles. The normalized spacial score (nSPS) is 10.7. The van der Waals surface area contributed by atoms with Gasteiger partial charge in [0, 0.05) is 13.6 Å². The van der Waals surface area contributed by atoms with Crippen molar-refractivity contribution in [1.82, 2.24) is 4.90 Å². The molecule has 0 radical (unpaired) electrons. The van der Waals surface area contributed by atoms with E-state index in [-0.39, 0.29) is 5.75 Å². The topological polar surface area (TPSA) is 35.8 Å². The van der Waals surface area contributed by atoms with Gasteiger partial charge >= 0.3 is 0 Å². The Bertz CT molecular complexity index is 523. The molecule has 92 valence electrons. The van der Waals surface area contributed by atoms with Gasteiger partial charge in [-0.25, -0.2) is 4.99 Å². The molecule has 2 aromatic rings. The zero-order chi connectivity index (χ0) is 12.8. The van der Waals surface area contributed by atoms with Crippen LogP contribution in [-0.4, -0.2) is 23.4 Å². The molecular weight excluding hydrogens is 224 g/mol. The van der Waals surface area contributed by atoms with Gasteiger partial charge in [-0.15, -0.1) is 0 Å². The molecule has 0 aromatic heterocycles. The molecule has 0 spiro atoms. The highest BCUT2D eigenvalue weighted by Crippen LogP contribution is 2.24. The van der Waals surface area contributed by atoms with Crippen LogP contribution in [0.4, 0.5) is 5.69 Å². The van der Waals surface area contributed by atoms with Gasteiger partial charge in [0.1, 0.15) is 11.4 Å². The van der Waals surface area contributed by atoms with Crippen LogP contribution < -0.4 is 0 Å². The molecule has 0 saturated heterocycles. The van der Waals surface area contributed by atoms with Crippen molar-refractivity contribution in [2.75, 3.05) is 7.05 Å². The number of aliphatic imine (C=N–C) groups is 1. The standard InChI is InChI=1S/C15H16N2O/c1-17(11-13-7-3-2-4-8-13)12-16-14-9-5-6-10-15(14)18/h2-10,12,18H,11H2,1H3. The molecule has 3 heteroatoms. The van der Waals surface area contributed by atoms with Crippen LogP contribution in [0.3, 0.4) is 0 Å². The number of nitrogens with zero attached hydrogens (tertiary/aromatic N) is 2. The van der Waals surface area contributed by atoms with Gasteiger partial charge in [-0.2, -0.15) is 0 Å². The molecule has 3 nitrogen and oxygen atoms in total. The number of hydrogen-bond acceptors (Lipinski definition) is 2. The Labute approximate surface area is 107 Å². The van der Waals surface area contributed by atoms with Crippen LogP contribution in [0.25, 0.3) is 0 Å². The molecule has 1 N–H and O–H groups in total. The number of rotatable bonds is 4. The molecule has 2 aromatic carbocycles. The second-order valence-corrected chi connectivity index (χ2v) is 4.13. The fourth-order valence-electron chi connectivity index (χ4n) is 1.65. The van der Waals surface area contributed by atoms with E-state index in [4.69, 9.17) is 0 Å². The lowest BCUT2D eigenvalue weighted by molar-refractivity contribution is 0.476. The first kappa shape index (κ1) is 12.2. The fraction of sp³-hybridized carbons (Fsp3) is 0.133. The zero-order valence-corrected chi connectivity index (χ0v) is 10.3. The van der Waals surface area contributed by atoms with Gasteiger partial charge < -0.3 is 10.0 Å². The first-order valence-electron chi connectivity index (χ1n) is 5.82. The van der Waals surface area contributed by atoms with E-state index in [1.54, 1.807) is 24.5 Å². The number of aromatic hydroxyl groups is 1. The smallest absolute Gasteiger partial charge is 0.141 e. The number of phenolic OH excluding ortho intramolecular Hbond substituents is 1. The third-order valence-electron chi connectivity index (χ3n) is 2.55. The van der Waals surface area contributed by atoms with Crippen LogP contribution in [0.1, 0.15) is 5.56 Å². The Morgan fingerprint density at radius 3 is 2.44 bits per heavy atom. The van der Waals surface area contributed by atoms with Gasteiger partial charge in [-0.05, 0) is 17.7 Å². The molecule has 18 heavy (non-hydrogen) atoms. The van der Waals surface area contributed by atoms with E-state index in [2.05, 4.69) is 17.1 Å². The monoisotopic (exact) mass is 240 g/mol. The second-order valence-electron chi connectivity index (χ2n) is 4.13. The molecule has 0 heterocycles. The predicted molar refractivity (Wildman–Crippen MR) is 74.2 cm³/mol. The highest BCUT2D eigenvalue weighted by molar-refractivity contribution is 5.64. The van der Waals surface area contributed by atoms with Crippen molar-refractivity contribution >= 4 is 12.0 Å². The van der Waals surface area contributed by atoms with E-state index in [0.29, 0.717) is 5.69 Å². The molecule has 0 amide bonds. The maximum Gasteiger partial charge on any atom is 0.141 e. The summed E-state index contributed by atoms with van der Waals surface area (Å²) < 4.78 is 0. The molecule has 0 bridgehead atoms. The van der Waals surface area contributed by atoms with E-state index < -0.39 is 0 Å². The molecule has 0 fully saturated rings. The summed E-state index contributed by atoms with van der Waals surface area (Å²) in [5.41, 5.74) is 1.81. The molecule has 0 unspecified atom stereocenters. The van der Waals surface area contributed by atoms with Crippen LogP contribution in [0.2, 0.25) is 0 Å². The van der Waals surface area contributed by atoms with Crippen molar-refractivity contribution in [3.8, 4) is 5.75 Å². The van der Waals surface area contributed by atoms with Crippen LogP contribution >= 0.6 is 0 Å². The van der Waals surface area contributed by atoms with Crippen LogP contribution in [0.15, 0.2) is 59.6 Å². The minimum Gasteiger partial charge on any atom is -0.506 e. The molecular formula is C15H16N2O. The molecule has 0 aliphatic rings. The summed E-state index contributed by atoms with van der Waals surface area (Å²) in [7, 11) is 1.95. The highest BCUT2D eigenvalue weighted by atomic mass is 16.3. The van der Waals surface area contributed by atoms with E-state index in [1.165, 1.54) is 5.56 Å². The minimum absolute atomic E-state index is 0.196. The first-order valence-corrected chi connectivity index (χ1v) is 5.82. The lowest BCUT2D eigenvalue weighted by atomic mass is 10.2. The Morgan fingerprint density at radius 1 is 1.06 bits per heavy atom. The Balaban J connectivity index is 1.99. The van der Waals surface area contributed by atoms with Gasteiger partial charge in [0.2, 0.25) is 0 Å². The summed E-state index contributed by atoms with van der Waals surface area (Å²) in [6, 6.07) is 17.2. The Hall–Kier alpha value is -2.29. The highest BCUT2D eigenvalue weighted by Gasteiger charge is 1.97. The summed E-state index contributed by atoms with van der Waals surface area (Å²) in [6.07, 6.45) is 1.72. The van der Waals surface area contributed by atoms with Gasteiger partial charge in [0.15, 0.2) is 0 Å². The summed E-state index contributed by atoms with van der Waals surface area (Å²) in [5.74, 6) is 0.196. The number of hydrogen-bond donors (Lipinski definition) is 1. The van der Waals surface area contributed by atoms with Crippen molar-refractivity contribution in [3.05, 3.63) is 60.2 Å². The van der Waals surface area contributed by atoms with Crippen molar-refractivity contribution in [3.63, 3.8) is 0 Å². The second kappa shape index (κ2) is 5.87. The number of para-hydroxylation sites is 2. The summed E-state index contributed by atoms with van der Waals surface area (Å²) >= 11 is 0. The predicted octanol–water partition coefficient (Wildman–Crippen LogP) is 3.18. The average molecular weight is 240 g/mol. The Morgan fingerprint density at radius 2 is 1.72 bits per heavy atom. The Kier molecular flexibility index (Phi) is 3.97. The maximum atomic E-state index is 9.58. The fourth-order valence-corrected chi connectivity index (χ4v) is 1.65. The van der Waals surface area contributed by atoms with Crippen LogP contribution in [0, 0.1) is 0 Å². The zero-order valence-electron chi connectivity index (χ0n) is 10.3. The van der Waals surface area contributed by atoms with Crippen LogP contribution in [-0.2, 0) is 6.54 Å². The lowest BCUT2D eigenvalue weighted by Crippen LogP contribution is -2.14. The number of benzene rings is 2. The molecule has 0 atom stereocenters. The van der Waals surface area contributed by atoms with E-state index in [9.17, 15) is 5.11 Å². The van der Waals surface area contributed by atoms with Gasteiger partial charge in [-0.1, -0.05) is 42.5 Å². The largest absolute Gasteiger partial charge is 0.506 e. The molecule has 0 aliphatic heterocycles. The summed E-state index contributed by atoms with van der Waals surface area (Å²) in [6.45, 7) is 0.790. The van der Waals surface area contributed by atoms with E-state index in [1.807, 2.05) is 36.2 Å².